The molecule has 1 aliphatic carbocycles. The molecule has 6 heteroatoms. The van der Waals surface area contributed by atoms with Crippen LogP contribution in [0.2, 0.25) is 0 Å². The van der Waals surface area contributed by atoms with Crippen LogP contribution in [0.5, 0.6) is 0 Å². The highest BCUT2D eigenvalue weighted by molar-refractivity contribution is 5.91. The van der Waals surface area contributed by atoms with Crippen molar-refractivity contribution in [3.63, 3.8) is 0 Å². The Hall–Kier alpha value is -1.95. The van der Waals surface area contributed by atoms with Gasteiger partial charge >= 0.3 is 0 Å². The lowest BCUT2D eigenvalue weighted by molar-refractivity contribution is -0.895. The zero-order valence-electron chi connectivity index (χ0n) is 13.3. The Balaban J connectivity index is 1.43. The monoisotopic (exact) mass is 320 g/mol. The van der Waals surface area contributed by atoms with Gasteiger partial charge in [0.15, 0.2) is 6.54 Å². The largest absolute Gasteiger partial charge is 0.331 e. The van der Waals surface area contributed by atoms with Gasteiger partial charge in [0.1, 0.15) is 5.82 Å². The Morgan fingerprint density at radius 3 is 2.65 bits per heavy atom. The first-order chi connectivity index (χ1) is 11.0. The molecule has 23 heavy (non-hydrogen) atoms. The second-order valence-electron chi connectivity index (χ2n) is 6.63. The number of benzene rings is 1. The minimum atomic E-state index is -0.364. The van der Waals surface area contributed by atoms with Crippen LogP contribution in [0.4, 0.5) is 10.1 Å². The number of nitrogens with one attached hydrogen (secondary N) is 2. The zero-order valence-corrected chi connectivity index (χ0v) is 13.3. The van der Waals surface area contributed by atoms with E-state index in [0.717, 1.165) is 24.4 Å². The lowest BCUT2D eigenvalue weighted by Gasteiger charge is -2.32. The van der Waals surface area contributed by atoms with Gasteiger partial charge in [-0.05, 0) is 30.5 Å². The molecular weight excluding hydrogens is 297 g/mol. The Labute approximate surface area is 135 Å². The SMILES string of the molecule is C[C@H]1C[C@@H]1C(=O)N1CC[NH+](CC(=O)Nc2cccc(F)c2)CC1. The van der Waals surface area contributed by atoms with E-state index in [4.69, 9.17) is 0 Å². The third-order valence-electron chi connectivity index (χ3n) is 4.73. The minimum absolute atomic E-state index is 0.124. The number of hydrogen-bond donors (Lipinski definition) is 2. The van der Waals surface area contributed by atoms with Gasteiger partial charge in [-0.15, -0.1) is 0 Å². The summed E-state index contributed by atoms with van der Waals surface area (Å²) >= 11 is 0. The summed E-state index contributed by atoms with van der Waals surface area (Å²) in [5.41, 5.74) is 0.478. The lowest BCUT2D eigenvalue weighted by Crippen LogP contribution is -3.15. The summed E-state index contributed by atoms with van der Waals surface area (Å²) in [6.07, 6.45) is 1.02. The number of halogens is 1. The number of rotatable bonds is 4. The lowest BCUT2D eigenvalue weighted by atomic mass is 10.2. The molecule has 124 valence electrons. The molecule has 1 aromatic rings. The maximum Gasteiger partial charge on any atom is 0.279 e. The molecule has 1 aliphatic heterocycles. The van der Waals surface area contributed by atoms with Crippen LogP contribution in [0.25, 0.3) is 0 Å². The van der Waals surface area contributed by atoms with Crippen molar-refractivity contribution in [2.24, 2.45) is 11.8 Å². The fourth-order valence-electron chi connectivity index (χ4n) is 3.12. The Bertz CT molecular complexity index is 599. The fourth-order valence-corrected chi connectivity index (χ4v) is 3.12. The van der Waals surface area contributed by atoms with Crippen molar-refractivity contribution >= 4 is 17.5 Å². The van der Waals surface area contributed by atoms with Crippen molar-refractivity contribution in [1.29, 1.82) is 0 Å². The average Bonchev–Trinajstić information content (AvgIpc) is 3.24. The smallest absolute Gasteiger partial charge is 0.279 e. The standard InChI is InChI=1S/C17H22FN3O2/c1-12-9-15(12)17(23)21-7-5-20(6-8-21)11-16(22)19-14-4-2-3-13(18)10-14/h2-4,10,12,15H,5-9,11H2,1H3,(H,19,22)/p+1/t12-,15-/m0/s1. The van der Waals surface area contributed by atoms with Gasteiger partial charge in [-0.25, -0.2) is 4.39 Å². The highest BCUT2D eigenvalue weighted by Gasteiger charge is 2.42. The summed E-state index contributed by atoms with van der Waals surface area (Å²) in [6, 6.07) is 5.89. The van der Waals surface area contributed by atoms with Crippen molar-refractivity contribution in [3.8, 4) is 0 Å². The van der Waals surface area contributed by atoms with Crippen LogP contribution in [-0.2, 0) is 9.59 Å². The van der Waals surface area contributed by atoms with Crippen LogP contribution in [0.1, 0.15) is 13.3 Å². The molecule has 1 saturated heterocycles. The van der Waals surface area contributed by atoms with Crippen LogP contribution in [0.15, 0.2) is 24.3 Å². The maximum atomic E-state index is 13.1. The minimum Gasteiger partial charge on any atom is -0.331 e. The van der Waals surface area contributed by atoms with E-state index in [2.05, 4.69) is 12.2 Å². The van der Waals surface area contributed by atoms with Crippen molar-refractivity contribution in [2.45, 2.75) is 13.3 Å². The molecule has 2 N–H and O–H groups in total. The highest BCUT2D eigenvalue weighted by atomic mass is 19.1. The first-order valence-electron chi connectivity index (χ1n) is 8.20. The first kappa shape index (κ1) is 15.9. The molecule has 5 nitrogen and oxygen atoms in total. The highest BCUT2D eigenvalue weighted by Crippen LogP contribution is 2.39. The zero-order chi connectivity index (χ0) is 16.4. The van der Waals surface area contributed by atoms with Crippen LogP contribution >= 0.6 is 0 Å². The number of nitrogens with zero attached hydrogens (tertiary/aromatic N) is 1. The molecule has 0 aromatic heterocycles. The van der Waals surface area contributed by atoms with E-state index in [0.29, 0.717) is 31.2 Å². The van der Waals surface area contributed by atoms with Gasteiger partial charge in [-0.3, -0.25) is 9.59 Å². The van der Waals surface area contributed by atoms with E-state index in [1.54, 1.807) is 12.1 Å². The van der Waals surface area contributed by atoms with E-state index < -0.39 is 0 Å². The first-order valence-corrected chi connectivity index (χ1v) is 8.20. The van der Waals surface area contributed by atoms with E-state index in [1.165, 1.54) is 12.1 Å². The van der Waals surface area contributed by atoms with Crippen molar-refractivity contribution in [3.05, 3.63) is 30.1 Å². The van der Waals surface area contributed by atoms with E-state index in [-0.39, 0.29) is 23.5 Å². The van der Waals surface area contributed by atoms with Crippen molar-refractivity contribution < 1.29 is 18.9 Å². The van der Waals surface area contributed by atoms with Gasteiger partial charge in [0.2, 0.25) is 5.91 Å². The molecule has 1 saturated carbocycles. The fraction of sp³-hybridized carbons (Fsp3) is 0.529. The number of amides is 2. The molecule has 0 unspecified atom stereocenters. The normalized spacial score (nSPS) is 24.3. The summed E-state index contributed by atoms with van der Waals surface area (Å²) < 4.78 is 13.1. The summed E-state index contributed by atoms with van der Waals surface area (Å²) in [5, 5.41) is 2.72. The number of carbonyl (C=O) groups excluding carboxylic acids is 2. The van der Waals surface area contributed by atoms with Gasteiger partial charge in [0.25, 0.3) is 5.91 Å². The Morgan fingerprint density at radius 2 is 2.04 bits per heavy atom. The van der Waals surface area contributed by atoms with Crippen molar-refractivity contribution in [1.82, 2.24) is 4.90 Å². The van der Waals surface area contributed by atoms with E-state index in [1.807, 2.05) is 4.90 Å². The third-order valence-corrected chi connectivity index (χ3v) is 4.73. The van der Waals surface area contributed by atoms with E-state index in [9.17, 15) is 14.0 Å². The van der Waals surface area contributed by atoms with Gasteiger partial charge < -0.3 is 15.1 Å². The molecule has 2 fully saturated rings. The topological polar surface area (TPSA) is 53.9 Å². The third kappa shape index (κ3) is 4.07. The summed E-state index contributed by atoms with van der Waals surface area (Å²) in [4.78, 5) is 27.3. The molecule has 0 bridgehead atoms. The second kappa shape index (κ2) is 6.66. The summed E-state index contributed by atoms with van der Waals surface area (Å²) in [5.74, 6) is 0.552. The number of anilines is 1. The van der Waals surface area contributed by atoms with Crippen LogP contribution < -0.4 is 10.2 Å². The molecule has 2 aliphatic rings. The predicted molar refractivity (Wildman–Crippen MR) is 84.4 cm³/mol. The van der Waals surface area contributed by atoms with Gasteiger partial charge in [-0.1, -0.05) is 13.0 Å². The van der Waals surface area contributed by atoms with E-state index >= 15 is 0 Å². The van der Waals surface area contributed by atoms with Gasteiger partial charge in [-0.2, -0.15) is 0 Å². The molecule has 0 spiro atoms. The number of quaternary nitrogens is 1. The quantitative estimate of drug-likeness (QED) is 0.830. The summed E-state index contributed by atoms with van der Waals surface area (Å²) in [7, 11) is 0. The molecular formula is C17H23FN3O2+. The number of piperazine rings is 1. The molecule has 3 rings (SSSR count). The molecule has 2 atom stereocenters. The van der Waals surface area contributed by atoms with Gasteiger partial charge in [0, 0.05) is 11.6 Å². The predicted octanol–water partition coefficient (Wildman–Crippen LogP) is 0.147. The van der Waals surface area contributed by atoms with Gasteiger partial charge in [0.05, 0.1) is 26.2 Å². The second-order valence-corrected chi connectivity index (χ2v) is 6.63. The van der Waals surface area contributed by atoms with Crippen molar-refractivity contribution in [2.75, 3.05) is 38.0 Å². The molecule has 2 amide bonds. The van der Waals surface area contributed by atoms with Crippen LogP contribution in [-0.4, -0.2) is 49.4 Å². The molecule has 1 heterocycles. The maximum absolute atomic E-state index is 13.1. The number of hydrogen-bond acceptors (Lipinski definition) is 2. The molecule has 0 radical (unpaired) electrons. The summed E-state index contributed by atoms with van der Waals surface area (Å²) in [6.45, 7) is 5.45. The Morgan fingerprint density at radius 1 is 1.35 bits per heavy atom. The van der Waals surface area contributed by atoms with Crippen LogP contribution in [0.3, 0.4) is 0 Å². The number of carbonyl (C=O) groups is 2. The molecule has 1 aromatic carbocycles. The average molecular weight is 320 g/mol. The van der Waals surface area contributed by atoms with Crippen LogP contribution in [0, 0.1) is 17.7 Å². The Kier molecular flexibility index (Phi) is 4.61.